The number of ether oxygens (including phenoxy) is 1. The van der Waals surface area contributed by atoms with Crippen molar-refractivity contribution in [2.45, 2.75) is 13.8 Å². The Balaban J connectivity index is 2.90. The Labute approximate surface area is 112 Å². The van der Waals surface area contributed by atoms with Crippen LogP contribution in [0.3, 0.4) is 0 Å². The lowest BCUT2D eigenvalue weighted by molar-refractivity contribution is -0.135. The zero-order chi connectivity index (χ0) is 13.7. The molecule has 18 heavy (non-hydrogen) atoms. The fraction of sp³-hybridized carbons (Fsp3) is 0.231. The molecule has 0 aliphatic heterocycles. The van der Waals surface area contributed by atoms with Gasteiger partial charge in [0.15, 0.2) is 0 Å². The Bertz CT molecular complexity index is 488. The van der Waals surface area contributed by atoms with Crippen molar-refractivity contribution in [3.05, 3.63) is 41.1 Å². The Morgan fingerprint density at radius 3 is 2.33 bits per heavy atom. The van der Waals surface area contributed by atoms with Crippen LogP contribution in [0, 0.1) is 6.92 Å². The number of nitrogens with two attached hydrogens (primary N) is 1. The maximum Gasteiger partial charge on any atom is 0.342 e. The molecule has 0 fully saturated rings. The lowest BCUT2D eigenvalue weighted by Crippen LogP contribution is -2.23. The number of rotatable bonds is 3. The molecule has 1 aromatic rings. The molecule has 1 rings (SSSR count). The van der Waals surface area contributed by atoms with Gasteiger partial charge in [-0.2, -0.15) is 0 Å². The van der Waals surface area contributed by atoms with Crippen molar-refractivity contribution >= 4 is 28.9 Å². The molecule has 0 bridgehead atoms. The van der Waals surface area contributed by atoms with Crippen LogP contribution >= 0.6 is 12.2 Å². The zero-order valence-corrected chi connectivity index (χ0v) is 11.4. The number of carbonyl (C=O) groups is 1. The van der Waals surface area contributed by atoms with E-state index in [1.165, 1.54) is 7.11 Å². The van der Waals surface area contributed by atoms with Gasteiger partial charge < -0.3 is 15.8 Å². The molecule has 0 unspecified atom stereocenters. The van der Waals surface area contributed by atoms with E-state index in [0.29, 0.717) is 5.70 Å². The number of anilines is 1. The second-order valence-electron chi connectivity index (χ2n) is 3.87. The van der Waals surface area contributed by atoms with Gasteiger partial charge in [-0.1, -0.05) is 29.9 Å². The van der Waals surface area contributed by atoms with Gasteiger partial charge in [0.2, 0.25) is 0 Å². The highest BCUT2D eigenvalue weighted by Gasteiger charge is 2.17. The lowest BCUT2D eigenvalue weighted by Gasteiger charge is -2.11. The number of hydrogen-bond donors (Lipinski definition) is 2. The Hall–Kier alpha value is -1.88. The van der Waals surface area contributed by atoms with Crippen molar-refractivity contribution in [2.75, 3.05) is 12.4 Å². The number of hydrogen-bond acceptors (Lipinski definition) is 4. The first-order chi connectivity index (χ1) is 8.45. The normalized spacial score (nSPS) is 11.5. The summed E-state index contributed by atoms with van der Waals surface area (Å²) in [6.45, 7) is 3.60. The highest BCUT2D eigenvalue weighted by Crippen LogP contribution is 2.12. The number of aryl methyl sites for hydroxylation is 1. The molecule has 0 saturated heterocycles. The Morgan fingerprint density at radius 2 is 1.89 bits per heavy atom. The van der Waals surface area contributed by atoms with E-state index in [0.717, 1.165) is 11.3 Å². The van der Waals surface area contributed by atoms with Crippen molar-refractivity contribution in [3.63, 3.8) is 0 Å². The number of allylic oxidation sites excluding steroid dienone is 1. The SMILES string of the molecule is COC(=O)/C(C(=S)Nc1ccc(C)cc1)=C(/C)N. The molecule has 0 aliphatic carbocycles. The predicted octanol–water partition coefficient (Wildman–Crippen LogP) is 2.14. The summed E-state index contributed by atoms with van der Waals surface area (Å²) in [5.41, 5.74) is 8.10. The van der Waals surface area contributed by atoms with Crippen LogP contribution in [0.4, 0.5) is 5.69 Å². The van der Waals surface area contributed by atoms with Crippen LogP contribution in [0.2, 0.25) is 0 Å². The first-order valence-electron chi connectivity index (χ1n) is 5.38. The average molecular weight is 264 g/mol. The molecule has 0 aromatic heterocycles. The minimum Gasteiger partial charge on any atom is -0.465 e. The van der Waals surface area contributed by atoms with Crippen LogP contribution in [0.5, 0.6) is 0 Å². The maximum atomic E-state index is 11.6. The minimum atomic E-state index is -0.542. The number of carbonyl (C=O) groups excluding carboxylic acids is 1. The number of methoxy groups -OCH3 is 1. The molecule has 3 N–H and O–H groups in total. The molecule has 0 amide bonds. The van der Waals surface area contributed by atoms with Crippen LogP contribution in [-0.4, -0.2) is 18.1 Å². The van der Waals surface area contributed by atoms with Gasteiger partial charge in [-0.25, -0.2) is 4.79 Å². The summed E-state index contributed by atoms with van der Waals surface area (Å²) in [5, 5.41) is 2.96. The van der Waals surface area contributed by atoms with E-state index in [2.05, 4.69) is 10.1 Å². The van der Waals surface area contributed by atoms with Crippen LogP contribution in [0.15, 0.2) is 35.5 Å². The van der Waals surface area contributed by atoms with Crippen molar-refractivity contribution in [3.8, 4) is 0 Å². The van der Waals surface area contributed by atoms with E-state index in [1.807, 2.05) is 31.2 Å². The monoisotopic (exact) mass is 264 g/mol. The van der Waals surface area contributed by atoms with E-state index in [-0.39, 0.29) is 10.6 Å². The quantitative estimate of drug-likeness (QED) is 0.497. The largest absolute Gasteiger partial charge is 0.465 e. The number of benzene rings is 1. The van der Waals surface area contributed by atoms with Gasteiger partial charge in [-0.3, -0.25) is 0 Å². The zero-order valence-electron chi connectivity index (χ0n) is 10.6. The van der Waals surface area contributed by atoms with E-state index in [9.17, 15) is 4.79 Å². The first-order valence-corrected chi connectivity index (χ1v) is 5.79. The summed E-state index contributed by atoms with van der Waals surface area (Å²) in [5.74, 6) is -0.542. The van der Waals surface area contributed by atoms with Gasteiger partial charge in [-0.15, -0.1) is 0 Å². The minimum absolute atomic E-state index is 0.188. The molecular formula is C13H16N2O2S. The van der Waals surface area contributed by atoms with Crippen LogP contribution in [0.1, 0.15) is 12.5 Å². The van der Waals surface area contributed by atoms with Gasteiger partial charge in [0.1, 0.15) is 10.6 Å². The van der Waals surface area contributed by atoms with E-state index < -0.39 is 5.97 Å². The summed E-state index contributed by atoms with van der Waals surface area (Å²) in [7, 11) is 1.29. The smallest absolute Gasteiger partial charge is 0.342 e. The summed E-state index contributed by atoms with van der Waals surface area (Å²) in [6.07, 6.45) is 0. The lowest BCUT2D eigenvalue weighted by atomic mass is 10.2. The van der Waals surface area contributed by atoms with E-state index >= 15 is 0 Å². The standard InChI is InChI=1S/C13H16N2O2S/c1-8-4-6-10(7-5-8)15-12(18)11(9(2)14)13(16)17-3/h4-7H,14H2,1-3H3,(H,15,18)/b11-9-. The van der Waals surface area contributed by atoms with Crippen molar-refractivity contribution < 1.29 is 9.53 Å². The highest BCUT2D eigenvalue weighted by molar-refractivity contribution is 7.81. The van der Waals surface area contributed by atoms with Crippen LogP contribution in [-0.2, 0) is 9.53 Å². The molecule has 4 nitrogen and oxygen atoms in total. The second kappa shape index (κ2) is 6.16. The summed E-state index contributed by atoms with van der Waals surface area (Å²) < 4.78 is 4.65. The van der Waals surface area contributed by atoms with Crippen molar-refractivity contribution in [1.82, 2.24) is 0 Å². The molecule has 0 heterocycles. The topological polar surface area (TPSA) is 64.3 Å². The molecule has 96 valence electrons. The Morgan fingerprint density at radius 1 is 1.33 bits per heavy atom. The van der Waals surface area contributed by atoms with Gasteiger partial charge in [0.05, 0.1) is 7.11 Å². The van der Waals surface area contributed by atoms with Crippen LogP contribution in [0.25, 0.3) is 0 Å². The van der Waals surface area contributed by atoms with Gasteiger partial charge >= 0.3 is 5.97 Å². The molecule has 1 aromatic carbocycles. The molecule has 0 radical (unpaired) electrons. The van der Waals surface area contributed by atoms with E-state index in [1.54, 1.807) is 6.92 Å². The number of thiocarbonyl (C=S) groups is 1. The average Bonchev–Trinajstić information content (AvgIpc) is 2.31. The molecule has 5 heteroatoms. The number of esters is 1. The van der Waals surface area contributed by atoms with Gasteiger partial charge in [0, 0.05) is 11.4 Å². The number of nitrogens with one attached hydrogen (secondary N) is 1. The fourth-order valence-electron chi connectivity index (χ4n) is 1.37. The molecule has 0 atom stereocenters. The van der Waals surface area contributed by atoms with Crippen molar-refractivity contribution in [2.24, 2.45) is 5.73 Å². The Kier molecular flexibility index (Phi) is 4.85. The van der Waals surface area contributed by atoms with E-state index in [4.69, 9.17) is 18.0 Å². The van der Waals surface area contributed by atoms with Crippen molar-refractivity contribution in [1.29, 1.82) is 0 Å². The molecular weight excluding hydrogens is 248 g/mol. The maximum absolute atomic E-state index is 11.6. The second-order valence-corrected chi connectivity index (χ2v) is 4.28. The first kappa shape index (κ1) is 14.2. The summed E-state index contributed by atoms with van der Waals surface area (Å²) in [4.78, 5) is 11.8. The third-order valence-corrected chi connectivity index (χ3v) is 2.63. The molecule has 0 spiro atoms. The third kappa shape index (κ3) is 3.56. The molecule has 0 saturated carbocycles. The third-order valence-electron chi connectivity index (χ3n) is 2.32. The van der Waals surface area contributed by atoms with Gasteiger partial charge in [-0.05, 0) is 26.0 Å². The van der Waals surface area contributed by atoms with Crippen LogP contribution < -0.4 is 11.1 Å². The summed E-state index contributed by atoms with van der Waals surface area (Å²) in [6, 6.07) is 7.65. The molecule has 0 aliphatic rings. The predicted molar refractivity (Wildman–Crippen MR) is 76.3 cm³/mol. The van der Waals surface area contributed by atoms with Gasteiger partial charge in [0.25, 0.3) is 0 Å². The highest BCUT2D eigenvalue weighted by atomic mass is 32.1. The fourth-order valence-corrected chi connectivity index (χ4v) is 1.73. The summed E-state index contributed by atoms with van der Waals surface area (Å²) >= 11 is 5.16.